The van der Waals surface area contributed by atoms with Gasteiger partial charge in [-0.3, -0.25) is 0 Å². The summed E-state index contributed by atoms with van der Waals surface area (Å²) in [5.41, 5.74) is -0.375. The molecule has 1 aliphatic carbocycles. The van der Waals surface area contributed by atoms with Crippen molar-refractivity contribution in [2.75, 3.05) is 0 Å². The molecule has 0 amide bonds. The van der Waals surface area contributed by atoms with Crippen molar-refractivity contribution in [2.24, 2.45) is 0 Å². The van der Waals surface area contributed by atoms with Crippen LogP contribution in [0.5, 0.6) is 0 Å². The van der Waals surface area contributed by atoms with Crippen molar-refractivity contribution in [3.8, 4) is 0 Å². The molecule has 0 unspecified atom stereocenters. The van der Waals surface area contributed by atoms with E-state index in [1.54, 1.807) is 6.07 Å². The third kappa shape index (κ3) is 2.42. The van der Waals surface area contributed by atoms with Crippen LogP contribution in [0.2, 0.25) is 0 Å². The lowest BCUT2D eigenvalue weighted by atomic mass is 10.2. The van der Waals surface area contributed by atoms with E-state index in [1.165, 1.54) is 24.3 Å². The molecule has 6 nitrogen and oxygen atoms in total. The molecule has 1 aliphatic rings. The second-order valence-corrected chi connectivity index (χ2v) is 6.46. The Morgan fingerprint density at radius 3 is 2.43 bits per heavy atom. The highest BCUT2D eigenvalue weighted by Crippen LogP contribution is 2.43. The summed E-state index contributed by atoms with van der Waals surface area (Å²) < 4.78 is 54.4. The van der Waals surface area contributed by atoms with Gasteiger partial charge in [0.05, 0.1) is 0 Å². The second-order valence-electron chi connectivity index (χ2n) is 4.73. The maximum Gasteiger partial charge on any atom is 0.344 e. The van der Waals surface area contributed by atoms with Crippen molar-refractivity contribution in [1.29, 1.82) is 0 Å². The molecule has 0 radical (unpaired) electrons. The summed E-state index contributed by atoms with van der Waals surface area (Å²) in [6.45, 7) is 0. The second kappa shape index (κ2) is 4.85. The molecule has 9 heteroatoms. The van der Waals surface area contributed by atoms with E-state index in [1.807, 2.05) is 0 Å². The highest BCUT2D eigenvalue weighted by molar-refractivity contribution is 7.89. The monoisotopic (exact) mass is 314 g/mol. The highest BCUT2D eigenvalue weighted by atomic mass is 32.2. The summed E-state index contributed by atoms with van der Waals surface area (Å²) in [5.74, 6) is 0. The van der Waals surface area contributed by atoms with E-state index >= 15 is 0 Å². The van der Waals surface area contributed by atoms with Gasteiger partial charge in [-0.1, -0.05) is 30.3 Å². The van der Waals surface area contributed by atoms with Crippen LogP contribution in [0.4, 0.5) is 8.78 Å². The molecule has 0 spiro atoms. The number of hydrogen-bond donors (Lipinski definition) is 1. The highest BCUT2D eigenvalue weighted by Gasteiger charge is 2.54. The minimum Gasteiger partial charge on any atom is -0.249 e. The first-order valence-electron chi connectivity index (χ1n) is 6.27. The van der Waals surface area contributed by atoms with Gasteiger partial charge in [0.1, 0.15) is 6.33 Å². The number of nitrogens with one attached hydrogen (secondary N) is 1. The Kier molecular flexibility index (Phi) is 3.25. The molecule has 0 saturated heterocycles. The summed E-state index contributed by atoms with van der Waals surface area (Å²) >= 11 is 0. The van der Waals surface area contributed by atoms with E-state index in [4.69, 9.17) is 0 Å². The fourth-order valence-electron chi connectivity index (χ4n) is 2.06. The molecule has 21 heavy (non-hydrogen) atoms. The molecule has 1 fully saturated rings. The Bertz CT molecular complexity index is 715. The lowest BCUT2D eigenvalue weighted by molar-refractivity contribution is -0.112. The van der Waals surface area contributed by atoms with E-state index in [2.05, 4.69) is 15.2 Å². The summed E-state index contributed by atoms with van der Waals surface area (Å²) in [7, 11) is -4.45. The lowest BCUT2D eigenvalue weighted by Crippen LogP contribution is -2.45. The summed E-state index contributed by atoms with van der Waals surface area (Å²) in [6.07, 6.45) is 1.77. The van der Waals surface area contributed by atoms with Crippen LogP contribution >= 0.6 is 0 Å². The first-order chi connectivity index (χ1) is 9.94. The SMILES string of the molecule is O=S(=O)(c1ncn[nH]1)N(C1CC1)C(F)(F)c1ccccc1. The fraction of sp³-hybridized carbons (Fsp3) is 0.333. The molecule has 3 rings (SSSR count). The molecular formula is C12H12F2N4O2S. The lowest BCUT2D eigenvalue weighted by Gasteiger charge is -2.29. The zero-order valence-electron chi connectivity index (χ0n) is 10.8. The van der Waals surface area contributed by atoms with Crippen LogP contribution in [0.3, 0.4) is 0 Å². The van der Waals surface area contributed by atoms with E-state index in [9.17, 15) is 17.2 Å². The molecule has 1 N–H and O–H groups in total. The number of sulfonamides is 1. The summed E-state index contributed by atoms with van der Waals surface area (Å²) in [6, 6.07) is 2.50. The molecular weight excluding hydrogens is 302 g/mol. The van der Waals surface area contributed by atoms with Crippen molar-refractivity contribution in [1.82, 2.24) is 19.5 Å². The van der Waals surface area contributed by atoms with Gasteiger partial charge in [-0.05, 0) is 12.8 Å². The van der Waals surface area contributed by atoms with Crippen LogP contribution in [-0.2, 0) is 16.1 Å². The van der Waals surface area contributed by atoms with Crippen LogP contribution in [0.15, 0.2) is 41.8 Å². The topological polar surface area (TPSA) is 79.0 Å². The largest absolute Gasteiger partial charge is 0.344 e. The van der Waals surface area contributed by atoms with Crippen molar-refractivity contribution in [2.45, 2.75) is 30.1 Å². The smallest absolute Gasteiger partial charge is 0.249 e. The average Bonchev–Trinajstić information content (AvgIpc) is 3.09. The number of nitrogens with zero attached hydrogens (tertiary/aromatic N) is 3. The van der Waals surface area contributed by atoms with Gasteiger partial charge in [-0.25, -0.2) is 18.5 Å². The molecule has 1 heterocycles. The quantitative estimate of drug-likeness (QED) is 0.852. The fourth-order valence-corrected chi connectivity index (χ4v) is 3.61. The Hall–Kier alpha value is -1.87. The normalized spacial score (nSPS) is 16.3. The molecule has 1 saturated carbocycles. The molecule has 112 valence electrons. The van der Waals surface area contributed by atoms with Crippen LogP contribution in [0.1, 0.15) is 18.4 Å². The van der Waals surface area contributed by atoms with E-state index in [-0.39, 0.29) is 9.87 Å². The van der Waals surface area contributed by atoms with Gasteiger partial charge in [0.15, 0.2) is 0 Å². The Morgan fingerprint density at radius 1 is 1.24 bits per heavy atom. The maximum atomic E-state index is 14.7. The first kappa shape index (κ1) is 14.1. The molecule has 1 aromatic heterocycles. The zero-order valence-corrected chi connectivity index (χ0v) is 11.6. The predicted octanol–water partition coefficient (Wildman–Crippen LogP) is 1.71. The Labute approximate surface area is 119 Å². The Balaban J connectivity index is 2.07. The summed E-state index contributed by atoms with van der Waals surface area (Å²) in [4.78, 5) is 3.50. The van der Waals surface area contributed by atoms with Gasteiger partial charge in [0.25, 0.3) is 15.2 Å². The zero-order chi connectivity index (χ0) is 15.1. The minimum atomic E-state index is -4.45. The number of hydrogen-bond acceptors (Lipinski definition) is 4. The predicted molar refractivity (Wildman–Crippen MR) is 68.8 cm³/mol. The number of aromatic nitrogens is 3. The van der Waals surface area contributed by atoms with Gasteiger partial charge >= 0.3 is 6.05 Å². The van der Waals surface area contributed by atoms with E-state index in [0.29, 0.717) is 12.8 Å². The van der Waals surface area contributed by atoms with Crippen LogP contribution < -0.4 is 0 Å². The average molecular weight is 314 g/mol. The third-order valence-electron chi connectivity index (χ3n) is 3.17. The van der Waals surface area contributed by atoms with Crippen LogP contribution in [0.25, 0.3) is 0 Å². The molecule has 0 bridgehead atoms. The Morgan fingerprint density at radius 2 is 1.90 bits per heavy atom. The number of halogens is 2. The number of benzene rings is 1. The number of alkyl halides is 2. The van der Waals surface area contributed by atoms with Gasteiger partial charge in [0, 0.05) is 11.6 Å². The van der Waals surface area contributed by atoms with Crippen molar-refractivity contribution >= 4 is 10.0 Å². The van der Waals surface area contributed by atoms with Gasteiger partial charge in [-0.2, -0.15) is 13.9 Å². The molecule has 0 atom stereocenters. The van der Waals surface area contributed by atoms with Crippen molar-refractivity contribution in [3.05, 3.63) is 42.2 Å². The van der Waals surface area contributed by atoms with Gasteiger partial charge in [-0.15, -0.1) is 4.31 Å². The molecule has 2 aromatic rings. The minimum absolute atomic E-state index is 0.232. The number of aromatic amines is 1. The van der Waals surface area contributed by atoms with Crippen LogP contribution in [-0.4, -0.2) is 33.9 Å². The maximum absolute atomic E-state index is 14.7. The molecule has 0 aliphatic heterocycles. The van der Waals surface area contributed by atoms with Crippen LogP contribution in [0, 0.1) is 0 Å². The van der Waals surface area contributed by atoms with E-state index in [0.717, 1.165) is 6.33 Å². The number of H-pyrrole nitrogens is 1. The van der Waals surface area contributed by atoms with Crippen molar-refractivity contribution < 1.29 is 17.2 Å². The third-order valence-corrected chi connectivity index (χ3v) is 4.90. The van der Waals surface area contributed by atoms with Crippen molar-refractivity contribution in [3.63, 3.8) is 0 Å². The van der Waals surface area contributed by atoms with Gasteiger partial charge < -0.3 is 0 Å². The first-order valence-corrected chi connectivity index (χ1v) is 7.71. The van der Waals surface area contributed by atoms with Gasteiger partial charge in [0.2, 0.25) is 0 Å². The van der Waals surface area contributed by atoms with E-state index < -0.39 is 27.3 Å². The number of rotatable bonds is 5. The molecule has 1 aromatic carbocycles. The standard InChI is InChI=1S/C12H12F2N4O2S/c13-12(14,9-4-2-1-3-5-9)18(10-6-7-10)21(19,20)11-15-8-16-17-11/h1-5,8,10H,6-7H2,(H,15,16,17). The summed E-state index contributed by atoms with van der Waals surface area (Å²) in [5, 5.41) is 4.98.